The molecule has 0 aliphatic rings. The SMILES string of the molecule is CSCc1ccc(S(N)(=O)=O)cc1. The number of nitrogens with two attached hydrogens (primary N) is 1. The van der Waals surface area contributed by atoms with Crippen molar-refractivity contribution in [2.75, 3.05) is 6.26 Å². The Kier molecular flexibility index (Phi) is 3.35. The summed E-state index contributed by atoms with van der Waals surface area (Å²) >= 11 is 1.69. The van der Waals surface area contributed by atoms with Gasteiger partial charge in [-0.2, -0.15) is 11.8 Å². The van der Waals surface area contributed by atoms with Crippen LogP contribution in [0.15, 0.2) is 29.2 Å². The fraction of sp³-hybridized carbons (Fsp3) is 0.250. The van der Waals surface area contributed by atoms with Crippen LogP contribution >= 0.6 is 11.8 Å². The highest BCUT2D eigenvalue weighted by Crippen LogP contribution is 2.12. The Hall–Kier alpha value is -0.520. The van der Waals surface area contributed by atoms with Gasteiger partial charge in [-0.15, -0.1) is 0 Å². The molecule has 0 aliphatic carbocycles. The third-order valence-corrected chi connectivity index (χ3v) is 3.11. The lowest BCUT2D eigenvalue weighted by Gasteiger charge is -2.00. The smallest absolute Gasteiger partial charge is 0.225 e. The minimum atomic E-state index is -3.54. The molecule has 0 radical (unpaired) electrons. The number of benzene rings is 1. The summed E-state index contributed by atoms with van der Waals surface area (Å²) in [5.41, 5.74) is 1.10. The Balaban J connectivity index is 2.94. The summed E-state index contributed by atoms with van der Waals surface area (Å²) in [5.74, 6) is 0.880. The number of hydrogen-bond donors (Lipinski definition) is 1. The van der Waals surface area contributed by atoms with Gasteiger partial charge < -0.3 is 0 Å². The zero-order valence-corrected chi connectivity index (χ0v) is 8.86. The van der Waals surface area contributed by atoms with E-state index in [2.05, 4.69) is 0 Å². The van der Waals surface area contributed by atoms with Crippen molar-refractivity contribution in [1.29, 1.82) is 0 Å². The van der Waals surface area contributed by atoms with Crippen molar-refractivity contribution < 1.29 is 8.42 Å². The fourth-order valence-corrected chi connectivity index (χ4v) is 1.98. The van der Waals surface area contributed by atoms with Gasteiger partial charge in [0.05, 0.1) is 4.90 Å². The lowest BCUT2D eigenvalue weighted by molar-refractivity contribution is 0.598. The summed E-state index contributed by atoms with van der Waals surface area (Å²) in [7, 11) is -3.54. The molecule has 1 aromatic rings. The van der Waals surface area contributed by atoms with E-state index in [1.54, 1.807) is 23.9 Å². The van der Waals surface area contributed by atoms with Crippen LogP contribution in [0.5, 0.6) is 0 Å². The van der Waals surface area contributed by atoms with Crippen molar-refractivity contribution >= 4 is 21.8 Å². The molecule has 1 rings (SSSR count). The van der Waals surface area contributed by atoms with Crippen LogP contribution < -0.4 is 5.14 Å². The summed E-state index contributed by atoms with van der Waals surface area (Å²) < 4.78 is 21.7. The topological polar surface area (TPSA) is 60.2 Å². The molecule has 0 saturated carbocycles. The number of hydrogen-bond acceptors (Lipinski definition) is 3. The summed E-state index contributed by atoms with van der Waals surface area (Å²) in [6, 6.07) is 6.61. The third kappa shape index (κ3) is 3.02. The molecule has 0 bridgehead atoms. The maximum Gasteiger partial charge on any atom is 0.238 e. The zero-order chi connectivity index (χ0) is 9.90. The van der Waals surface area contributed by atoms with Gasteiger partial charge in [0.15, 0.2) is 0 Å². The second-order valence-corrected chi connectivity index (χ2v) is 5.05. The summed E-state index contributed by atoms with van der Waals surface area (Å²) in [5, 5.41) is 4.95. The van der Waals surface area contributed by atoms with E-state index in [4.69, 9.17) is 5.14 Å². The van der Waals surface area contributed by atoms with Crippen LogP contribution in [0.1, 0.15) is 5.56 Å². The average Bonchev–Trinajstić information content (AvgIpc) is 2.04. The molecule has 2 N–H and O–H groups in total. The van der Waals surface area contributed by atoms with Crippen molar-refractivity contribution in [1.82, 2.24) is 0 Å². The van der Waals surface area contributed by atoms with Gasteiger partial charge in [-0.1, -0.05) is 12.1 Å². The van der Waals surface area contributed by atoms with E-state index in [1.165, 1.54) is 12.1 Å². The van der Waals surface area contributed by atoms with Crippen LogP contribution in [0, 0.1) is 0 Å². The molecule has 0 amide bonds. The molecule has 3 nitrogen and oxygen atoms in total. The van der Waals surface area contributed by atoms with E-state index in [0.717, 1.165) is 11.3 Å². The Morgan fingerprint density at radius 2 is 1.85 bits per heavy atom. The molecule has 0 aromatic heterocycles. The first-order valence-electron chi connectivity index (χ1n) is 3.65. The van der Waals surface area contributed by atoms with Gasteiger partial charge in [0, 0.05) is 5.75 Å². The van der Waals surface area contributed by atoms with E-state index >= 15 is 0 Å². The molecule has 72 valence electrons. The molecular formula is C8H11NO2S2. The second kappa shape index (κ2) is 4.13. The molecule has 0 fully saturated rings. The van der Waals surface area contributed by atoms with Crippen LogP contribution in [0.25, 0.3) is 0 Å². The first kappa shape index (κ1) is 10.6. The van der Waals surface area contributed by atoms with E-state index in [-0.39, 0.29) is 4.90 Å². The number of thioether (sulfide) groups is 1. The molecule has 0 saturated heterocycles. The van der Waals surface area contributed by atoms with Crippen molar-refractivity contribution in [3.05, 3.63) is 29.8 Å². The van der Waals surface area contributed by atoms with Crippen LogP contribution in [-0.4, -0.2) is 14.7 Å². The lowest BCUT2D eigenvalue weighted by Crippen LogP contribution is -2.11. The molecule has 0 spiro atoms. The number of primary sulfonamides is 1. The first-order valence-corrected chi connectivity index (χ1v) is 6.59. The highest BCUT2D eigenvalue weighted by Gasteiger charge is 2.05. The molecule has 0 atom stereocenters. The molecular weight excluding hydrogens is 206 g/mol. The Labute approximate surface area is 82.4 Å². The summed E-state index contributed by atoms with van der Waals surface area (Å²) in [6.45, 7) is 0. The predicted molar refractivity (Wildman–Crippen MR) is 55.0 cm³/mol. The maximum absolute atomic E-state index is 10.9. The minimum absolute atomic E-state index is 0.164. The highest BCUT2D eigenvalue weighted by molar-refractivity contribution is 7.97. The zero-order valence-electron chi connectivity index (χ0n) is 7.23. The second-order valence-electron chi connectivity index (χ2n) is 2.62. The van der Waals surface area contributed by atoms with E-state index in [9.17, 15) is 8.42 Å². The van der Waals surface area contributed by atoms with Crippen molar-refractivity contribution in [3.63, 3.8) is 0 Å². The first-order chi connectivity index (χ1) is 6.04. The Morgan fingerprint density at radius 1 is 1.31 bits per heavy atom. The maximum atomic E-state index is 10.9. The molecule has 5 heteroatoms. The standard InChI is InChI=1S/C8H11NO2S2/c1-12-6-7-2-4-8(5-3-7)13(9,10)11/h2-5H,6H2,1H3,(H2,9,10,11). The highest BCUT2D eigenvalue weighted by atomic mass is 32.2. The largest absolute Gasteiger partial charge is 0.238 e. The molecule has 0 aliphatic heterocycles. The monoisotopic (exact) mass is 217 g/mol. The van der Waals surface area contributed by atoms with Crippen LogP contribution in [0.2, 0.25) is 0 Å². The van der Waals surface area contributed by atoms with E-state index in [1.807, 2.05) is 6.26 Å². The molecule has 13 heavy (non-hydrogen) atoms. The van der Waals surface area contributed by atoms with E-state index < -0.39 is 10.0 Å². The Bertz CT molecular complexity index is 370. The van der Waals surface area contributed by atoms with Crippen molar-refractivity contribution in [3.8, 4) is 0 Å². The number of sulfonamides is 1. The molecule has 0 heterocycles. The third-order valence-electron chi connectivity index (χ3n) is 1.56. The minimum Gasteiger partial charge on any atom is -0.225 e. The lowest BCUT2D eigenvalue weighted by atomic mass is 10.2. The average molecular weight is 217 g/mol. The van der Waals surface area contributed by atoms with Gasteiger partial charge in [-0.3, -0.25) is 0 Å². The normalized spacial score (nSPS) is 11.5. The molecule has 0 unspecified atom stereocenters. The van der Waals surface area contributed by atoms with Crippen molar-refractivity contribution in [2.24, 2.45) is 5.14 Å². The van der Waals surface area contributed by atoms with Crippen molar-refractivity contribution in [2.45, 2.75) is 10.6 Å². The van der Waals surface area contributed by atoms with Gasteiger partial charge in [0.25, 0.3) is 0 Å². The summed E-state index contributed by atoms with van der Waals surface area (Å²) in [4.78, 5) is 0.164. The van der Waals surface area contributed by atoms with Gasteiger partial charge in [-0.05, 0) is 24.0 Å². The van der Waals surface area contributed by atoms with Gasteiger partial charge in [0.1, 0.15) is 0 Å². The van der Waals surface area contributed by atoms with Gasteiger partial charge in [-0.25, -0.2) is 13.6 Å². The van der Waals surface area contributed by atoms with E-state index in [0.29, 0.717) is 0 Å². The van der Waals surface area contributed by atoms with Crippen LogP contribution in [-0.2, 0) is 15.8 Å². The van der Waals surface area contributed by atoms with Crippen LogP contribution in [0.4, 0.5) is 0 Å². The van der Waals surface area contributed by atoms with Gasteiger partial charge >= 0.3 is 0 Å². The summed E-state index contributed by atoms with van der Waals surface area (Å²) in [6.07, 6.45) is 1.99. The van der Waals surface area contributed by atoms with Gasteiger partial charge in [0.2, 0.25) is 10.0 Å². The Morgan fingerprint density at radius 3 is 2.23 bits per heavy atom. The fourth-order valence-electron chi connectivity index (χ4n) is 0.942. The number of rotatable bonds is 3. The predicted octanol–water partition coefficient (Wildman–Crippen LogP) is 1.20. The quantitative estimate of drug-likeness (QED) is 0.827. The van der Waals surface area contributed by atoms with Crippen LogP contribution in [0.3, 0.4) is 0 Å². The molecule has 1 aromatic carbocycles.